The quantitative estimate of drug-likeness (QED) is 0.0704. The van der Waals surface area contributed by atoms with Gasteiger partial charge < -0.3 is 75.8 Å². The van der Waals surface area contributed by atoms with E-state index in [0.29, 0.717) is 25.3 Å². The normalized spacial score (nSPS) is 13.1. The van der Waals surface area contributed by atoms with Crippen LogP contribution in [0.4, 0.5) is 0 Å². The summed E-state index contributed by atoms with van der Waals surface area (Å²) in [5.74, 6) is -5.31. The van der Waals surface area contributed by atoms with Crippen molar-refractivity contribution in [3.63, 3.8) is 0 Å². The third-order valence-corrected chi connectivity index (χ3v) is 5.17. The fourth-order valence-corrected chi connectivity index (χ4v) is 2.46. The van der Waals surface area contributed by atoms with E-state index in [4.69, 9.17) is 70.8 Å². The van der Waals surface area contributed by atoms with Crippen LogP contribution in [0.3, 0.4) is 0 Å². The van der Waals surface area contributed by atoms with Gasteiger partial charge in [0.05, 0.1) is 12.9 Å². The number of H-pyrrole nitrogens is 1. The second kappa shape index (κ2) is 30.4. The van der Waals surface area contributed by atoms with E-state index in [2.05, 4.69) is 9.97 Å². The number of carboxylic acids is 5. The Labute approximate surface area is 271 Å². The largest absolute Gasteiger partial charge is 0.480 e. The summed E-state index contributed by atoms with van der Waals surface area (Å²) in [6.45, 7) is 3.99. The van der Waals surface area contributed by atoms with Gasteiger partial charge in [-0.2, -0.15) is 0 Å². The lowest BCUT2D eigenvalue weighted by Crippen LogP contribution is -2.33. The summed E-state index contributed by atoms with van der Waals surface area (Å²) in [7, 11) is 0. The van der Waals surface area contributed by atoms with E-state index in [1.807, 2.05) is 13.8 Å². The Morgan fingerprint density at radius 2 is 1.17 bits per heavy atom. The highest BCUT2D eigenvalue weighted by Crippen LogP contribution is 2.01. The number of imidazole rings is 1. The lowest BCUT2D eigenvalue weighted by molar-refractivity contribution is -0.140. The zero-order chi connectivity index (χ0) is 37.7. The van der Waals surface area contributed by atoms with Crippen molar-refractivity contribution in [2.45, 2.75) is 89.0 Å². The number of aliphatic carboxylic acids is 5. The summed E-state index contributed by atoms with van der Waals surface area (Å²) in [4.78, 5) is 66.8. The third-order valence-electron chi connectivity index (χ3n) is 5.17. The molecular weight excluding hydrogens is 630 g/mol. The van der Waals surface area contributed by atoms with Crippen LogP contribution in [0, 0.1) is 5.92 Å². The van der Waals surface area contributed by atoms with Gasteiger partial charge in [-0.15, -0.1) is 0 Å². The molecule has 0 aliphatic heterocycles. The van der Waals surface area contributed by atoms with Gasteiger partial charge in [-0.05, 0) is 38.1 Å². The van der Waals surface area contributed by atoms with Crippen LogP contribution in [0.15, 0.2) is 12.5 Å². The molecule has 274 valence electrons. The summed E-state index contributed by atoms with van der Waals surface area (Å²) >= 11 is 0. The molecule has 0 radical (unpaired) electrons. The average molecular weight is 684 g/mol. The molecule has 21 N–H and O–H groups in total. The lowest BCUT2D eigenvalue weighted by atomic mass is 10.1. The molecule has 1 amide bonds. The molecule has 0 aromatic carbocycles. The van der Waals surface area contributed by atoms with E-state index in [1.165, 1.54) is 6.33 Å². The van der Waals surface area contributed by atoms with Crippen molar-refractivity contribution in [1.29, 1.82) is 0 Å². The van der Waals surface area contributed by atoms with Crippen LogP contribution in [-0.2, 0) is 35.2 Å². The van der Waals surface area contributed by atoms with Gasteiger partial charge in [0.25, 0.3) is 0 Å². The summed E-state index contributed by atoms with van der Waals surface area (Å²) in [6, 6.07) is -4.36. The smallest absolute Gasteiger partial charge is 0.322 e. The first kappa shape index (κ1) is 49.6. The van der Waals surface area contributed by atoms with E-state index >= 15 is 0 Å². The van der Waals surface area contributed by atoms with Gasteiger partial charge >= 0.3 is 29.8 Å². The number of hydrogen-bond acceptors (Lipinski definition) is 14. The Bertz CT molecular complexity index is 1010. The van der Waals surface area contributed by atoms with Crippen LogP contribution in [0.1, 0.15) is 58.1 Å². The molecule has 0 saturated carbocycles. The van der Waals surface area contributed by atoms with Crippen LogP contribution in [-0.4, -0.2) is 120 Å². The maximum Gasteiger partial charge on any atom is 0.322 e. The zero-order valence-corrected chi connectivity index (χ0v) is 26.6. The topological polar surface area (TPSA) is 435 Å². The van der Waals surface area contributed by atoms with Gasteiger partial charge in [-0.1, -0.05) is 20.3 Å². The number of primary amides is 1. The number of rotatable bonds is 17. The molecule has 1 aromatic heterocycles. The Kier molecular flexibility index (Phi) is 32.1. The predicted octanol–water partition coefficient (Wildman–Crippen LogP) is -3.61. The van der Waals surface area contributed by atoms with Crippen LogP contribution in [0.2, 0.25) is 0 Å². The monoisotopic (exact) mass is 683 g/mol. The van der Waals surface area contributed by atoms with Crippen molar-refractivity contribution in [3.8, 4) is 0 Å². The second-order valence-electron chi connectivity index (χ2n) is 10.1. The molecule has 5 atom stereocenters. The number of carbonyl (C=O) groups is 6. The fraction of sp³-hybridized carbons (Fsp3) is 0.654. The number of aliphatic hydroxyl groups is 1. The molecule has 1 aromatic rings. The molecule has 0 bridgehead atoms. The first-order valence-corrected chi connectivity index (χ1v) is 14.1. The molecule has 1 rings (SSSR count). The van der Waals surface area contributed by atoms with Gasteiger partial charge in [-0.3, -0.25) is 28.8 Å². The second-order valence-corrected chi connectivity index (χ2v) is 10.1. The maximum atomic E-state index is 10.3. The Balaban J connectivity index is -0.000000248. The molecule has 5 unspecified atom stereocenters. The standard InChI is InChI=1S/C6H9N3O2.C6H14N2O2.C6H13NO2.C5H10N2O3.C3H7NO3/c7-5(6(10)11)1-4-2-8-3-9-4;7-4-2-1-3-5(8)6(9)10;1-4(2)3-5(7)6(8)9;6-3(5(9)10)1-2-4(7)8;4-2(1-5)3(6)7/h2-3,5H,1,7H2,(H,8,9)(H,10,11);5H,1-4,7-8H2,(H,9,10);4-5H,3,7H2,1-2H3,(H,8,9);3H,1-2,6H2,(H2,7,8)(H,9,10);2,5H,1,4H2,(H,6,7). The molecule has 0 saturated heterocycles. The number of nitrogens with two attached hydrogens (primary N) is 7. The SMILES string of the molecule is CC(C)CC(N)C(=O)O.NC(=O)CCC(N)C(=O)O.NC(CO)C(=O)O.NC(Cc1cnc[nH]1)C(=O)O.NCCCCC(N)C(=O)O. The Morgan fingerprint density at radius 3 is 1.45 bits per heavy atom. The first-order valence-electron chi connectivity index (χ1n) is 14.1. The molecule has 0 fully saturated rings. The lowest BCUT2D eigenvalue weighted by Gasteiger charge is -2.07. The summed E-state index contributed by atoms with van der Waals surface area (Å²) < 4.78 is 0. The van der Waals surface area contributed by atoms with Crippen molar-refractivity contribution in [2.75, 3.05) is 13.2 Å². The number of amides is 1. The van der Waals surface area contributed by atoms with Crippen molar-refractivity contribution < 1.29 is 59.4 Å². The minimum atomic E-state index is -1.18. The van der Waals surface area contributed by atoms with Gasteiger partial charge in [0.2, 0.25) is 5.91 Å². The summed E-state index contributed by atoms with van der Waals surface area (Å²) in [5.41, 5.74) is 36.2. The summed E-state index contributed by atoms with van der Waals surface area (Å²) in [6.07, 6.45) is 6.17. The molecule has 0 aliphatic carbocycles. The molecule has 47 heavy (non-hydrogen) atoms. The molecule has 21 heteroatoms. The first-order chi connectivity index (χ1) is 21.6. The van der Waals surface area contributed by atoms with E-state index in [1.54, 1.807) is 6.20 Å². The number of hydrogen-bond donors (Lipinski definition) is 14. The zero-order valence-electron chi connectivity index (χ0n) is 26.6. The molecule has 1 heterocycles. The number of unbranched alkanes of at least 4 members (excludes halogenated alkanes) is 1. The Morgan fingerprint density at radius 1 is 0.723 bits per heavy atom. The van der Waals surface area contributed by atoms with E-state index in [-0.39, 0.29) is 19.3 Å². The molecule has 0 spiro atoms. The van der Waals surface area contributed by atoms with Crippen LogP contribution >= 0.6 is 0 Å². The van der Waals surface area contributed by atoms with Crippen LogP contribution in [0.5, 0.6) is 0 Å². The molecule has 21 nitrogen and oxygen atoms in total. The highest BCUT2D eigenvalue weighted by molar-refractivity contribution is 5.77. The van der Waals surface area contributed by atoms with E-state index in [9.17, 15) is 28.8 Å². The highest BCUT2D eigenvalue weighted by Gasteiger charge is 2.13. The number of aromatic amines is 1. The number of nitrogens with zero attached hydrogens (tertiary/aromatic N) is 1. The fourth-order valence-electron chi connectivity index (χ4n) is 2.46. The van der Waals surface area contributed by atoms with Gasteiger partial charge in [0.15, 0.2) is 0 Å². The minimum absolute atomic E-state index is 0.0213. The number of aromatic nitrogens is 2. The minimum Gasteiger partial charge on any atom is -0.480 e. The van der Waals surface area contributed by atoms with Crippen molar-refractivity contribution in [3.05, 3.63) is 18.2 Å². The van der Waals surface area contributed by atoms with Crippen molar-refractivity contribution in [1.82, 2.24) is 9.97 Å². The predicted molar refractivity (Wildman–Crippen MR) is 168 cm³/mol. The number of carboxylic acid groups (broad SMARTS) is 5. The average Bonchev–Trinajstić information content (AvgIpc) is 3.49. The van der Waals surface area contributed by atoms with Crippen LogP contribution in [0.25, 0.3) is 0 Å². The van der Waals surface area contributed by atoms with Gasteiger partial charge in [0, 0.05) is 24.7 Å². The third kappa shape index (κ3) is 36.1. The summed E-state index contributed by atoms with van der Waals surface area (Å²) in [5, 5.41) is 49.2. The number of nitrogens with one attached hydrogen (secondary N) is 1. The number of aliphatic hydroxyl groups excluding tert-OH is 1. The van der Waals surface area contributed by atoms with E-state index < -0.39 is 72.6 Å². The molecule has 0 aliphatic rings. The van der Waals surface area contributed by atoms with Crippen LogP contribution < -0.4 is 40.1 Å². The van der Waals surface area contributed by atoms with Crippen molar-refractivity contribution in [2.24, 2.45) is 46.1 Å². The van der Waals surface area contributed by atoms with E-state index in [0.717, 1.165) is 18.5 Å². The van der Waals surface area contributed by atoms with Crippen molar-refractivity contribution >= 4 is 35.8 Å². The van der Waals surface area contributed by atoms with Gasteiger partial charge in [0.1, 0.15) is 30.2 Å². The van der Waals surface area contributed by atoms with Gasteiger partial charge in [-0.25, -0.2) is 4.98 Å². The highest BCUT2D eigenvalue weighted by atomic mass is 16.4. The maximum absolute atomic E-state index is 10.3. The Hall–Kier alpha value is -4.25. The molecular formula is C26H53N9O12. The number of carbonyl (C=O) groups excluding carboxylic acids is 1.